The van der Waals surface area contributed by atoms with Crippen LogP contribution in [0.1, 0.15) is 34.7 Å². The fourth-order valence-electron chi connectivity index (χ4n) is 2.83. The molecule has 0 radical (unpaired) electrons. The highest BCUT2D eigenvalue weighted by atomic mass is 127. The lowest BCUT2D eigenvalue weighted by Crippen LogP contribution is -2.40. The lowest BCUT2D eigenvalue weighted by atomic mass is 10.1. The number of aliphatic hydroxyl groups is 1. The molecule has 3 rings (SSSR count). The number of hydrazine groups is 1. The van der Waals surface area contributed by atoms with Gasteiger partial charge >= 0.3 is 5.97 Å². The molecule has 1 aliphatic rings. The summed E-state index contributed by atoms with van der Waals surface area (Å²) < 4.78 is 1.01. The number of nitrogens with zero attached hydrogens (tertiary/aromatic N) is 3. The van der Waals surface area contributed by atoms with Crippen LogP contribution in [0.25, 0.3) is 0 Å². The van der Waals surface area contributed by atoms with Crippen LogP contribution in [-0.2, 0) is 0 Å². The van der Waals surface area contributed by atoms with Gasteiger partial charge in [0, 0.05) is 18.8 Å². The second kappa shape index (κ2) is 9.81. The molecule has 6 nitrogen and oxygen atoms in total. The van der Waals surface area contributed by atoms with Gasteiger partial charge in [-0.25, -0.2) is 14.8 Å². The standard InChI is InChI=1S/C18H20IN3O3S3/c1-2-14(23)11-3-5-12(6-4-11)22-16(26)13(19)10-21(22)7-8-27-18-20-9-15(28-18)17(24)25/h3-6,9,13-14,23H,2,7-8,10H2,1H3,(H,24,25). The van der Waals surface area contributed by atoms with E-state index in [1.807, 2.05) is 31.2 Å². The van der Waals surface area contributed by atoms with E-state index < -0.39 is 12.1 Å². The van der Waals surface area contributed by atoms with Crippen LogP contribution < -0.4 is 5.01 Å². The number of carboxylic acids is 1. The van der Waals surface area contributed by atoms with Crippen molar-refractivity contribution in [3.8, 4) is 0 Å². The number of anilines is 1. The molecule has 2 N–H and O–H groups in total. The van der Waals surface area contributed by atoms with Gasteiger partial charge in [-0.2, -0.15) is 0 Å². The van der Waals surface area contributed by atoms with Crippen LogP contribution in [0.5, 0.6) is 0 Å². The number of thiazole rings is 1. The summed E-state index contributed by atoms with van der Waals surface area (Å²) in [6.07, 6.45) is 1.64. The normalized spacial score (nSPS) is 18.6. The maximum atomic E-state index is 11.0. The molecule has 2 aromatic rings. The summed E-state index contributed by atoms with van der Waals surface area (Å²) in [4.78, 5) is 16.3. The molecule has 1 aromatic carbocycles. The molecule has 1 aromatic heterocycles. The van der Waals surface area contributed by atoms with E-state index in [1.54, 1.807) is 11.8 Å². The van der Waals surface area contributed by atoms with Crippen LogP contribution in [0.2, 0.25) is 0 Å². The molecule has 1 saturated heterocycles. The highest BCUT2D eigenvalue weighted by Crippen LogP contribution is 2.30. The number of rotatable bonds is 8. The molecule has 0 aliphatic carbocycles. The third-order valence-electron chi connectivity index (χ3n) is 4.31. The van der Waals surface area contributed by atoms with Gasteiger partial charge in [-0.3, -0.25) is 5.01 Å². The fraction of sp³-hybridized carbons (Fsp3) is 0.389. The number of alkyl halides is 1. The van der Waals surface area contributed by atoms with Crippen molar-refractivity contribution in [2.75, 3.05) is 23.9 Å². The van der Waals surface area contributed by atoms with E-state index >= 15 is 0 Å². The zero-order valence-electron chi connectivity index (χ0n) is 15.1. The highest BCUT2D eigenvalue weighted by Gasteiger charge is 2.34. The van der Waals surface area contributed by atoms with Crippen LogP contribution in [0.3, 0.4) is 0 Å². The SMILES string of the molecule is CCC(O)c1ccc(N2C(=S)C(I)CN2CCSc2ncc(C(=O)O)s2)cc1. The van der Waals surface area contributed by atoms with Crippen LogP contribution in [0.4, 0.5) is 5.69 Å². The van der Waals surface area contributed by atoms with Crippen molar-refractivity contribution in [3.63, 3.8) is 0 Å². The smallest absolute Gasteiger partial charge is 0.347 e. The summed E-state index contributed by atoms with van der Waals surface area (Å²) in [7, 11) is 0. The number of hydrogen-bond donors (Lipinski definition) is 2. The molecular formula is C18H20IN3O3S3. The second-order valence-electron chi connectivity index (χ2n) is 6.19. The first kappa shape index (κ1) is 21.9. The third kappa shape index (κ3) is 5.03. The first-order valence-electron chi connectivity index (χ1n) is 8.73. The van der Waals surface area contributed by atoms with Crippen molar-refractivity contribution in [2.24, 2.45) is 0 Å². The number of carboxylic acid groups (broad SMARTS) is 1. The first-order valence-corrected chi connectivity index (χ1v) is 12.2. The number of aromatic nitrogens is 1. The summed E-state index contributed by atoms with van der Waals surface area (Å²) in [6.45, 7) is 3.55. The largest absolute Gasteiger partial charge is 0.477 e. The van der Waals surface area contributed by atoms with Crippen molar-refractivity contribution in [2.45, 2.75) is 27.7 Å². The highest BCUT2D eigenvalue weighted by molar-refractivity contribution is 14.1. The van der Waals surface area contributed by atoms with Gasteiger partial charge < -0.3 is 10.2 Å². The average Bonchev–Trinajstić information content (AvgIpc) is 3.27. The van der Waals surface area contributed by atoms with Crippen molar-refractivity contribution in [1.82, 2.24) is 9.99 Å². The molecule has 28 heavy (non-hydrogen) atoms. The van der Waals surface area contributed by atoms with Crippen LogP contribution in [-0.4, -0.2) is 53.9 Å². The summed E-state index contributed by atoms with van der Waals surface area (Å²) in [5, 5.41) is 23.3. The number of hydrogen-bond acceptors (Lipinski definition) is 7. The Morgan fingerprint density at radius 3 is 2.79 bits per heavy atom. The average molecular weight is 549 g/mol. The lowest BCUT2D eigenvalue weighted by molar-refractivity contribution is 0.0702. The second-order valence-corrected chi connectivity index (χ2v) is 10.5. The van der Waals surface area contributed by atoms with Gasteiger partial charge in [0.05, 0.1) is 21.9 Å². The van der Waals surface area contributed by atoms with Crippen LogP contribution >= 0.6 is 57.9 Å². The number of aromatic carboxylic acids is 1. The minimum atomic E-state index is -0.940. The summed E-state index contributed by atoms with van der Waals surface area (Å²) >= 11 is 10.8. The molecule has 2 heterocycles. The number of benzene rings is 1. The Bertz CT molecular complexity index is 846. The quantitative estimate of drug-likeness (QED) is 0.219. The van der Waals surface area contributed by atoms with Crippen LogP contribution in [0, 0.1) is 0 Å². The molecule has 2 atom stereocenters. The first-order chi connectivity index (χ1) is 13.4. The molecule has 2 unspecified atom stereocenters. The van der Waals surface area contributed by atoms with Gasteiger partial charge in [-0.1, -0.05) is 65.6 Å². The van der Waals surface area contributed by atoms with Gasteiger partial charge in [0.1, 0.15) is 9.87 Å². The molecule has 150 valence electrons. The molecule has 0 bridgehead atoms. The van der Waals surface area contributed by atoms with E-state index in [4.69, 9.17) is 17.3 Å². The Balaban J connectivity index is 1.65. The summed E-state index contributed by atoms with van der Waals surface area (Å²) in [6, 6.07) is 7.88. The minimum Gasteiger partial charge on any atom is -0.477 e. The van der Waals surface area contributed by atoms with E-state index in [0.717, 1.165) is 39.4 Å². The molecule has 0 spiro atoms. The van der Waals surface area contributed by atoms with Gasteiger partial charge in [0.15, 0.2) is 4.34 Å². The number of carbonyl (C=O) groups is 1. The maximum absolute atomic E-state index is 11.0. The van der Waals surface area contributed by atoms with E-state index in [2.05, 4.69) is 37.6 Å². The predicted molar refractivity (Wildman–Crippen MR) is 126 cm³/mol. The van der Waals surface area contributed by atoms with Gasteiger partial charge in [0.2, 0.25) is 0 Å². The Morgan fingerprint density at radius 1 is 1.46 bits per heavy atom. The molecule has 0 amide bonds. The van der Waals surface area contributed by atoms with Gasteiger partial charge in [-0.15, -0.1) is 11.3 Å². The maximum Gasteiger partial charge on any atom is 0.347 e. The monoisotopic (exact) mass is 549 g/mol. The number of thiocarbonyl (C=S) groups is 1. The fourth-order valence-corrected chi connectivity index (χ4v) is 5.69. The zero-order chi connectivity index (χ0) is 20.3. The van der Waals surface area contributed by atoms with Crippen molar-refractivity contribution in [1.29, 1.82) is 0 Å². The number of halogens is 1. The predicted octanol–water partition coefficient (Wildman–Crippen LogP) is 4.25. The molecule has 0 saturated carbocycles. The van der Waals surface area contributed by atoms with Crippen LogP contribution in [0.15, 0.2) is 34.8 Å². The third-order valence-corrected chi connectivity index (χ3v) is 8.30. The van der Waals surface area contributed by atoms with Gasteiger partial charge in [-0.05, 0) is 24.1 Å². The zero-order valence-corrected chi connectivity index (χ0v) is 19.7. The van der Waals surface area contributed by atoms with Gasteiger partial charge in [0.25, 0.3) is 0 Å². The van der Waals surface area contributed by atoms with E-state index in [9.17, 15) is 9.90 Å². The van der Waals surface area contributed by atoms with E-state index in [1.165, 1.54) is 17.5 Å². The van der Waals surface area contributed by atoms with Crippen molar-refractivity contribution >= 4 is 74.6 Å². The Labute approximate surface area is 191 Å². The Morgan fingerprint density at radius 2 is 2.18 bits per heavy atom. The van der Waals surface area contributed by atoms with E-state index in [-0.39, 0.29) is 8.80 Å². The number of thioether (sulfide) groups is 1. The molecular weight excluding hydrogens is 529 g/mol. The minimum absolute atomic E-state index is 0.247. The summed E-state index contributed by atoms with van der Waals surface area (Å²) in [5.41, 5.74) is 1.89. The molecule has 10 heteroatoms. The molecule has 1 aliphatic heterocycles. The topological polar surface area (TPSA) is 76.9 Å². The Hall–Kier alpha value is -0.790. The number of aliphatic hydroxyl groups excluding tert-OH is 1. The lowest BCUT2D eigenvalue weighted by Gasteiger charge is -2.29. The Kier molecular flexibility index (Phi) is 7.67. The molecule has 1 fully saturated rings. The van der Waals surface area contributed by atoms with Crippen molar-refractivity contribution < 1.29 is 15.0 Å². The van der Waals surface area contributed by atoms with Crippen molar-refractivity contribution in [3.05, 3.63) is 40.9 Å². The van der Waals surface area contributed by atoms with E-state index in [0.29, 0.717) is 6.42 Å². The summed E-state index contributed by atoms with van der Waals surface area (Å²) in [5.74, 6) is -0.161.